The molecule has 2 aromatic rings. The van der Waals surface area contributed by atoms with E-state index in [0.29, 0.717) is 44.1 Å². The molecule has 0 atom stereocenters. The molecule has 0 radical (unpaired) electrons. The number of hydrogen-bond acceptors (Lipinski definition) is 5. The smallest absolute Gasteiger partial charge is 0.162 e. The molecule has 5 rings (SSSR count). The zero-order valence-corrected chi connectivity index (χ0v) is 25.6. The van der Waals surface area contributed by atoms with Gasteiger partial charge < -0.3 is 14.4 Å². The number of hydrogen-bond donors (Lipinski definition) is 0. The number of ketones is 2. The van der Waals surface area contributed by atoms with Crippen molar-refractivity contribution in [3.63, 3.8) is 0 Å². The highest BCUT2D eigenvalue weighted by atomic mass is 16.5. The monoisotopic (exact) mass is 555 g/mol. The van der Waals surface area contributed by atoms with E-state index < -0.39 is 5.92 Å². The fraction of sp³-hybridized carbons (Fsp3) is 0.500. The maximum atomic E-state index is 14.1. The van der Waals surface area contributed by atoms with Crippen molar-refractivity contribution in [3.05, 3.63) is 82.2 Å². The van der Waals surface area contributed by atoms with Crippen LogP contribution in [0, 0.1) is 10.8 Å². The third-order valence-corrected chi connectivity index (χ3v) is 8.56. The molecule has 0 aromatic heterocycles. The molecule has 41 heavy (non-hydrogen) atoms. The molecule has 1 heterocycles. The third kappa shape index (κ3) is 6.00. The lowest BCUT2D eigenvalue weighted by Crippen LogP contribution is -2.44. The molecule has 2 aliphatic carbocycles. The number of unbranched alkanes of at least 4 members (excludes halogenated alkanes) is 1. The van der Waals surface area contributed by atoms with Crippen LogP contribution in [0.3, 0.4) is 0 Å². The van der Waals surface area contributed by atoms with Crippen LogP contribution in [0.25, 0.3) is 0 Å². The quantitative estimate of drug-likeness (QED) is 0.292. The Morgan fingerprint density at radius 2 is 1.39 bits per heavy atom. The van der Waals surface area contributed by atoms with Gasteiger partial charge in [-0.05, 0) is 60.3 Å². The van der Waals surface area contributed by atoms with Gasteiger partial charge in [0.25, 0.3) is 0 Å². The molecule has 218 valence electrons. The van der Waals surface area contributed by atoms with Crippen molar-refractivity contribution in [2.45, 2.75) is 92.5 Å². The number of ether oxygens (including phenoxy) is 2. The first-order valence-corrected chi connectivity index (χ1v) is 15.3. The molecule has 0 fully saturated rings. The van der Waals surface area contributed by atoms with Crippen molar-refractivity contribution >= 4 is 11.6 Å². The van der Waals surface area contributed by atoms with Crippen LogP contribution in [0.1, 0.15) is 97.1 Å². The van der Waals surface area contributed by atoms with Crippen molar-refractivity contribution in [2.24, 2.45) is 10.8 Å². The van der Waals surface area contributed by atoms with Crippen molar-refractivity contribution in [1.29, 1.82) is 0 Å². The van der Waals surface area contributed by atoms with E-state index in [-0.39, 0.29) is 22.4 Å². The number of carbonyl (C=O) groups is 2. The number of allylic oxidation sites excluding steroid dienone is 4. The van der Waals surface area contributed by atoms with E-state index in [0.717, 1.165) is 53.8 Å². The average Bonchev–Trinajstić information content (AvgIpc) is 2.90. The van der Waals surface area contributed by atoms with Gasteiger partial charge in [-0.3, -0.25) is 9.59 Å². The van der Waals surface area contributed by atoms with Gasteiger partial charge in [0.05, 0.1) is 13.2 Å². The van der Waals surface area contributed by atoms with Crippen molar-refractivity contribution < 1.29 is 19.1 Å². The number of rotatable bonds is 9. The molecule has 0 unspecified atom stereocenters. The average molecular weight is 556 g/mol. The molecule has 5 nitrogen and oxygen atoms in total. The molecule has 3 aliphatic rings. The molecule has 0 saturated heterocycles. The summed E-state index contributed by atoms with van der Waals surface area (Å²) < 4.78 is 12.1. The largest absolute Gasteiger partial charge is 0.490 e. The summed E-state index contributed by atoms with van der Waals surface area (Å²) in [5.41, 5.74) is 5.50. The summed E-state index contributed by atoms with van der Waals surface area (Å²) in [6, 6.07) is 16.4. The molecule has 0 spiro atoms. The highest BCUT2D eigenvalue weighted by Crippen LogP contribution is 2.55. The highest BCUT2D eigenvalue weighted by Gasteiger charge is 2.49. The van der Waals surface area contributed by atoms with E-state index in [9.17, 15) is 9.59 Å². The van der Waals surface area contributed by atoms with Gasteiger partial charge >= 0.3 is 0 Å². The zero-order valence-electron chi connectivity index (χ0n) is 25.6. The lowest BCUT2D eigenvalue weighted by Gasteiger charge is -2.49. The van der Waals surface area contributed by atoms with E-state index in [4.69, 9.17) is 9.47 Å². The summed E-state index contributed by atoms with van der Waals surface area (Å²) >= 11 is 0. The minimum Gasteiger partial charge on any atom is -0.490 e. The van der Waals surface area contributed by atoms with E-state index >= 15 is 0 Å². The normalized spacial score (nSPS) is 20.2. The zero-order chi connectivity index (χ0) is 29.4. The lowest BCUT2D eigenvalue weighted by atomic mass is 9.63. The first-order chi connectivity index (χ1) is 19.5. The van der Waals surface area contributed by atoms with E-state index in [2.05, 4.69) is 63.8 Å². The van der Waals surface area contributed by atoms with Gasteiger partial charge in [-0.25, -0.2) is 0 Å². The minimum absolute atomic E-state index is 0.143. The number of nitrogens with zero attached hydrogens (tertiary/aromatic N) is 1. The molecule has 5 heteroatoms. The van der Waals surface area contributed by atoms with E-state index in [1.165, 1.54) is 5.56 Å². The Kier molecular flexibility index (Phi) is 8.18. The van der Waals surface area contributed by atoms with Crippen LogP contribution in [-0.4, -0.2) is 29.7 Å². The second-order valence-electron chi connectivity index (χ2n) is 13.4. The Labute approximate surface area is 245 Å². The van der Waals surface area contributed by atoms with Crippen LogP contribution < -0.4 is 9.47 Å². The Morgan fingerprint density at radius 1 is 0.780 bits per heavy atom. The predicted molar refractivity (Wildman–Crippen MR) is 163 cm³/mol. The van der Waals surface area contributed by atoms with Crippen molar-refractivity contribution in [3.8, 4) is 11.5 Å². The summed E-state index contributed by atoms with van der Waals surface area (Å²) in [7, 11) is 0. The first-order valence-electron chi connectivity index (χ1n) is 15.3. The Morgan fingerprint density at radius 3 is 1.95 bits per heavy atom. The van der Waals surface area contributed by atoms with Gasteiger partial charge in [-0.2, -0.15) is 0 Å². The van der Waals surface area contributed by atoms with Crippen LogP contribution in [0.2, 0.25) is 0 Å². The summed E-state index contributed by atoms with van der Waals surface area (Å²) in [5, 5.41) is 0. The molecule has 0 N–H and O–H groups in total. The van der Waals surface area contributed by atoms with Crippen molar-refractivity contribution in [1.82, 2.24) is 4.90 Å². The number of Topliss-reactive ketones (excluding diaryl/α,β-unsaturated/α-hetero) is 2. The van der Waals surface area contributed by atoms with Crippen LogP contribution in [-0.2, 0) is 16.1 Å². The van der Waals surface area contributed by atoms with E-state index in [1.54, 1.807) is 0 Å². The van der Waals surface area contributed by atoms with Crippen molar-refractivity contribution in [2.75, 3.05) is 13.2 Å². The standard InChI is InChI=1S/C36H45NO4/c1-7-9-17-41-30-16-15-25(18-31(30)40-8-2)32-33-26(19-35(3,4)21-28(33)38)37(23-24-13-11-10-12-14-24)27-20-36(5,6)22-29(39)34(27)32/h10-16,18,32H,7-9,17,19-23H2,1-6H3. The summed E-state index contributed by atoms with van der Waals surface area (Å²) in [5.74, 6) is 1.27. The molecule has 0 saturated carbocycles. The van der Waals surface area contributed by atoms with Gasteiger partial charge in [0.2, 0.25) is 0 Å². The van der Waals surface area contributed by atoms with Crippen LogP contribution in [0.15, 0.2) is 71.1 Å². The Hall–Kier alpha value is -3.34. The maximum Gasteiger partial charge on any atom is 0.162 e. The topological polar surface area (TPSA) is 55.8 Å². The van der Waals surface area contributed by atoms with E-state index in [1.807, 2.05) is 31.2 Å². The van der Waals surface area contributed by atoms with Gasteiger partial charge in [-0.15, -0.1) is 0 Å². The second kappa shape index (κ2) is 11.5. The molecule has 2 aromatic carbocycles. The number of carbonyl (C=O) groups excluding carboxylic acids is 2. The van der Waals surface area contributed by atoms with Gasteiger partial charge in [-0.1, -0.05) is 77.4 Å². The molecule has 0 amide bonds. The maximum absolute atomic E-state index is 14.1. The SMILES string of the molecule is CCCCOc1ccc(C2C3=C(CC(C)(C)CC3=O)N(Cc3ccccc3)C3=C2C(=O)CC(C)(C)C3)cc1OCC. The van der Waals surface area contributed by atoms with Gasteiger partial charge in [0.1, 0.15) is 0 Å². The van der Waals surface area contributed by atoms with Gasteiger partial charge in [0, 0.05) is 47.8 Å². The fourth-order valence-electron chi connectivity index (χ4n) is 6.76. The van der Waals surface area contributed by atoms with Crippen LogP contribution in [0.5, 0.6) is 11.5 Å². The first kappa shape index (κ1) is 29.2. The summed E-state index contributed by atoms with van der Waals surface area (Å²) in [4.78, 5) is 30.6. The highest BCUT2D eigenvalue weighted by molar-refractivity contribution is 6.06. The molecule has 0 bridgehead atoms. The Bertz CT molecular complexity index is 1330. The third-order valence-electron chi connectivity index (χ3n) is 8.56. The molecule has 1 aliphatic heterocycles. The molecular formula is C36H45NO4. The number of benzene rings is 2. The Balaban J connectivity index is 1.70. The van der Waals surface area contributed by atoms with Gasteiger partial charge in [0.15, 0.2) is 23.1 Å². The minimum atomic E-state index is -0.400. The molecular weight excluding hydrogens is 510 g/mol. The van der Waals surface area contributed by atoms with Crippen LogP contribution >= 0.6 is 0 Å². The predicted octanol–water partition coefficient (Wildman–Crippen LogP) is 8.15. The lowest BCUT2D eigenvalue weighted by molar-refractivity contribution is -0.119. The second-order valence-corrected chi connectivity index (χ2v) is 13.4. The summed E-state index contributed by atoms with van der Waals surface area (Å²) in [6.45, 7) is 14.6. The fourth-order valence-corrected chi connectivity index (χ4v) is 6.76. The summed E-state index contributed by atoms with van der Waals surface area (Å²) in [6.07, 6.45) is 4.54. The van der Waals surface area contributed by atoms with Crippen LogP contribution in [0.4, 0.5) is 0 Å².